The monoisotopic (exact) mass is 194 g/mol. The average molecular weight is 195 g/mol. The molecule has 0 saturated heterocycles. The van der Waals surface area contributed by atoms with E-state index < -0.39 is 0 Å². The van der Waals surface area contributed by atoms with E-state index >= 15 is 0 Å². The van der Waals surface area contributed by atoms with Gasteiger partial charge in [0, 0.05) is 0 Å². The van der Waals surface area contributed by atoms with E-state index in [2.05, 4.69) is 41.5 Å². The van der Waals surface area contributed by atoms with Crippen LogP contribution in [0.5, 0.6) is 0 Å². The van der Waals surface area contributed by atoms with Gasteiger partial charge in [-0.2, -0.15) is 40.5 Å². The molecule has 0 atom stereocenters. The zero-order chi connectivity index (χ0) is 9.98. The predicted octanol–water partition coefficient (Wildman–Crippen LogP) is 4.42. The molecule has 0 N–H and O–H groups in total. The van der Waals surface area contributed by atoms with Crippen LogP contribution in [0.15, 0.2) is 0 Å². The Balaban J connectivity index is -0.000000143. The van der Waals surface area contributed by atoms with Gasteiger partial charge in [0.15, 0.2) is 0 Å². The third kappa shape index (κ3) is 32.3. The maximum absolute atomic E-state index is 2.20. The van der Waals surface area contributed by atoms with E-state index in [0.717, 1.165) is 0 Å². The van der Waals surface area contributed by atoms with E-state index in [-0.39, 0.29) is 23.1 Å². The second kappa shape index (κ2) is 15.2. The van der Waals surface area contributed by atoms with Crippen molar-refractivity contribution in [1.82, 2.24) is 0 Å². The molecule has 0 aliphatic carbocycles. The first-order valence-corrected chi connectivity index (χ1v) is 5.12. The molecule has 76 valence electrons. The molecule has 0 aliphatic heterocycles. The van der Waals surface area contributed by atoms with Gasteiger partial charge in [-0.05, 0) is 0 Å². The van der Waals surface area contributed by atoms with Gasteiger partial charge in [-0.15, -0.1) is 0 Å². The smallest absolute Gasteiger partial charge is 0.320 e. The number of hydrogen-bond acceptors (Lipinski definition) is 0. The van der Waals surface area contributed by atoms with E-state index in [1.807, 2.05) is 0 Å². The first-order valence-electron chi connectivity index (χ1n) is 5.12. The standard InChI is InChI=1S/2C6H13.Mg/c2*1-4-5-6(2)3;/h2*4-5H2,1-3H3;/q2*-1;+2. The minimum atomic E-state index is 0. The van der Waals surface area contributed by atoms with Gasteiger partial charge in [0.25, 0.3) is 0 Å². The molecule has 0 fully saturated rings. The molecule has 13 heavy (non-hydrogen) atoms. The summed E-state index contributed by atoms with van der Waals surface area (Å²) >= 11 is 0. The number of rotatable bonds is 4. The van der Waals surface area contributed by atoms with Crippen molar-refractivity contribution < 1.29 is 0 Å². The maximum atomic E-state index is 2.20. The van der Waals surface area contributed by atoms with Crippen LogP contribution in [0, 0.1) is 11.8 Å². The van der Waals surface area contributed by atoms with Crippen LogP contribution < -0.4 is 0 Å². The van der Waals surface area contributed by atoms with Gasteiger partial charge in [0.2, 0.25) is 0 Å². The SMILES string of the molecule is CCC[C-](C)C.CCC[C-](C)C.[Mg+2]. The fourth-order valence-electron chi connectivity index (χ4n) is 1.000. The quantitative estimate of drug-likeness (QED) is 0.459. The maximum Gasteiger partial charge on any atom is 2.00 e. The Labute approximate surface area is 102 Å². The Kier molecular flexibility index (Phi) is 22.7. The first kappa shape index (κ1) is 19.4. The Morgan fingerprint density at radius 3 is 0.923 bits per heavy atom. The molecule has 0 radical (unpaired) electrons. The zero-order valence-electron chi connectivity index (χ0n) is 10.5. The third-order valence-electron chi connectivity index (χ3n) is 1.50. The molecule has 0 aliphatic rings. The van der Waals surface area contributed by atoms with Crippen molar-refractivity contribution in [3.8, 4) is 0 Å². The molecule has 1 heteroatoms. The largest absolute Gasteiger partial charge is 2.00 e. The van der Waals surface area contributed by atoms with Crippen molar-refractivity contribution in [2.45, 2.75) is 67.2 Å². The molecule has 0 amide bonds. The fraction of sp³-hybridized carbons (Fsp3) is 0.833. The molecule has 0 aromatic heterocycles. The summed E-state index contributed by atoms with van der Waals surface area (Å²) in [6.45, 7) is 13.1. The summed E-state index contributed by atoms with van der Waals surface area (Å²) in [6.07, 6.45) is 5.17. The zero-order valence-corrected chi connectivity index (χ0v) is 11.9. The fourth-order valence-corrected chi connectivity index (χ4v) is 1.000. The van der Waals surface area contributed by atoms with Crippen molar-refractivity contribution in [1.29, 1.82) is 0 Å². The summed E-state index contributed by atoms with van der Waals surface area (Å²) in [4.78, 5) is 0. The van der Waals surface area contributed by atoms with Gasteiger partial charge < -0.3 is 11.8 Å². The minimum Gasteiger partial charge on any atom is -0.320 e. The van der Waals surface area contributed by atoms with Crippen LogP contribution in [0.25, 0.3) is 0 Å². The molecule has 0 aromatic carbocycles. The van der Waals surface area contributed by atoms with E-state index in [1.165, 1.54) is 37.5 Å². The minimum absolute atomic E-state index is 0. The molecule has 0 bridgehead atoms. The molecule has 0 rings (SSSR count). The Bertz CT molecular complexity index is 57.5. The van der Waals surface area contributed by atoms with Crippen LogP contribution in [-0.2, 0) is 0 Å². The second-order valence-corrected chi connectivity index (χ2v) is 3.91. The normalized spacial score (nSPS) is 9.23. The molecule has 0 spiro atoms. The van der Waals surface area contributed by atoms with E-state index in [0.29, 0.717) is 0 Å². The van der Waals surface area contributed by atoms with Gasteiger partial charge in [0.1, 0.15) is 0 Å². The van der Waals surface area contributed by atoms with Crippen molar-refractivity contribution in [2.75, 3.05) is 0 Å². The summed E-state index contributed by atoms with van der Waals surface area (Å²) in [5.41, 5.74) is 0. The van der Waals surface area contributed by atoms with E-state index in [1.54, 1.807) is 0 Å². The summed E-state index contributed by atoms with van der Waals surface area (Å²) < 4.78 is 0. The van der Waals surface area contributed by atoms with Crippen LogP contribution in [0.4, 0.5) is 0 Å². The Morgan fingerprint density at radius 1 is 0.692 bits per heavy atom. The Hall–Kier alpha value is 0.766. The van der Waals surface area contributed by atoms with Crippen molar-refractivity contribution in [3.63, 3.8) is 0 Å². The van der Waals surface area contributed by atoms with Crippen molar-refractivity contribution >= 4 is 23.1 Å². The summed E-state index contributed by atoms with van der Waals surface area (Å²) in [6, 6.07) is 0. The van der Waals surface area contributed by atoms with Gasteiger partial charge in [0.05, 0.1) is 0 Å². The summed E-state index contributed by atoms with van der Waals surface area (Å²) in [5, 5.41) is 0. The molecule has 0 aromatic rings. The molecule has 0 nitrogen and oxygen atoms in total. The van der Waals surface area contributed by atoms with Crippen LogP contribution in [0.2, 0.25) is 0 Å². The molecular weight excluding hydrogens is 168 g/mol. The first-order chi connectivity index (χ1) is 5.54. The van der Waals surface area contributed by atoms with Gasteiger partial charge in [-0.25, -0.2) is 0 Å². The van der Waals surface area contributed by atoms with Gasteiger partial charge in [-0.3, -0.25) is 0 Å². The molecule has 0 unspecified atom stereocenters. The van der Waals surface area contributed by atoms with Crippen LogP contribution >= 0.6 is 0 Å². The molecule has 0 heterocycles. The number of hydrogen-bond donors (Lipinski definition) is 0. The van der Waals surface area contributed by atoms with Crippen LogP contribution in [-0.4, -0.2) is 23.1 Å². The molecule has 0 saturated carbocycles. The predicted molar refractivity (Wildman–Crippen MR) is 64.8 cm³/mol. The second-order valence-electron chi connectivity index (χ2n) is 3.91. The summed E-state index contributed by atoms with van der Waals surface area (Å²) in [7, 11) is 0. The topological polar surface area (TPSA) is 0 Å². The van der Waals surface area contributed by atoms with Crippen LogP contribution in [0.3, 0.4) is 0 Å². The van der Waals surface area contributed by atoms with Gasteiger partial charge in [-0.1, -0.05) is 26.7 Å². The van der Waals surface area contributed by atoms with E-state index in [4.69, 9.17) is 0 Å². The van der Waals surface area contributed by atoms with Crippen molar-refractivity contribution in [3.05, 3.63) is 11.8 Å². The molecular formula is C12H26Mg. The van der Waals surface area contributed by atoms with E-state index in [9.17, 15) is 0 Å². The average Bonchev–Trinajstić information content (AvgIpc) is 1.87. The Morgan fingerprint density at radius 2 is 0.923 bits per heavy atom. The van der Waals surface area contributed by atoms with Crippen molar-refractivity contribution in [2.24, 2.45) is 0 Å². The van der Waals surface area contributed by atoms with Crippen LogP contribution in [0.1, 0.15) is 67.2 Å². The summed E-state index contributed by atoms with van der Waals surface area (Å²) in [5.74, 6) is 3.08. The van der Waals surface area contributed by atoms with Gasteiger partial charge >= 0.3 is 23.1 Å². The third-order valence-corrected chi connectivity index (χ3v) is 1.50.